The van der Waals surface area contributed by atoms with Crippen LogP contribution in [0.2, 0.25) is 0 Å². The lowest BCUT2D eigenvalue weighted by Gasteiger charge is -2.28. The van der Waals surface area contributed by atoms with Crippen molar-refractivity contribution in [1.29, 1.82) is 0 Å². The van der Waals surface area contributed by atoms with Gasteiger partial charge in [-0.2, -0.15) is 0 Å². The lowest BCUT2D eigenvalue weighted by atomic mass is 9.85. The Morgan fingerprint density at radius 3 is 2.71 bits per heavy atom. The van der Waals surface area contributed by atoms with Crippen molar-refractivity contribution < 1.29 is 5.11 Å². The van der Waals surface area contributed by atoms with Crippen LogP contribution in [-0.4, -0.2) is 11.7 Å². The lowest BCUT2D eigenvalue weighted by Crippen LogP contribution is -2.36. The molecule has 0 saturated heterocycles. The van der Waals surface area contributed by atoms with E-state index in [2.05, 4.69) is 15.9 Å². The number of hydrogen-bond acceptors (Lipinski definition) is 2. The Kier molecular flexibility index (Phi) is 4.11. The second-order valence-electron chi connectivity index (χ2n) is 3.49. The van der Waals surface area contributed by atoms with Gasteiger partial charge in [-0.25, -0.2) is 0 Å². The summed E-state index contributed by atoms with van der Waals surface area (Å²) in [6.45, 7) is 2.16. The van der Waals surface area contributed by atoms with Crippen LogP contribution in [0.5, 0.6) is 0 Å². The predicted molar refractivity (Wildman–Crippen MR) is 62.0 cm³/mol. The number of hydrogen-bond donors (Lipinski definition) is 2. The van der Waals surface area contributed by atoms with E-state index in [9.17, 15) is 0 Å². The molecule has 14 heavy (non-hydrogen) atoms. The highest BCUT2D eigenvalue weighted by molar-refractivity contribution is 9.10. The van der Waals surface area contributed by atoms with Crippen LogP contribution in [-0.2, 0) is 5.54 Å². The first kappa shape index (κ1) is 11.7. The average Bonchev–Trinajstić information content (AvgIpc) is 2.18. The standard InChI is InChI=1S/C11H16BrNO/c1-2-11(13,6-7-14)9-4-3-5-10(12)8-9/h3-5,8,14H,2,6-7,13H2,1H3. The number of nitrogens with two attached hydrogens (primary N) is 1. The Bertz CT molecular complexity index is 303. The van der Waals surface area contributed by atoms with Gasteiger partial charge >= 0.3 is 0 Å². The van der Waals surface area contributed by atoms with Gasteiger partial charge < -0.3 is 10.8 Å². The van der Waals surface area contributed by atoms with Gasteiger partial charge in [0, 0.05) is 16.6 Å². The molecule has 0 amide bonds. The first-order chi connectivity index (χ1) is 6.62. The van der Waals surface area contributed by atoms with Crippen molar-refractivity contribution in [3.63, 3.8) is 0 Å². The van der Waals surface area contributed by atoms with Gasteiger partial charge in [-0.3, -0.25) is 0 Å². The van der Waals surface area contributed by atoms with Crippen molar-refractivity contribution in [2.75, 3.05) is 6.61 Å². The zero-order valence-corrected chi connectivity index (χ0v) is 9.92. The van der Waals surface area contributed by atoms with Crippen LogP contribution in [0, 0.1) is 0 Å². The second kappa shape index (κ2) is 4.91. The maximum absolute atomic E-state index is 8.97. The number of halogens is 1. The van der Waals surface area contributed by atoms with Crippen LogP contribution in [0.25, 0.3) is 0 Å². The number of aliphatic hydroxyl groups is 1. The molecule has 1 aromatic rings. The summed E-state index contributed by atoms with van der Waals surface area (Å²) in [4.78, 5) is 0. The van der Waals surface area contributed by atoms with Crippen LogP contribution < -0.4 is 5.73 Å². The Labute approximate surface area is 93.3 Å². The van der Waals surface area contributed by atoms with Gasteiger partial charge in [0.15, 0.2) is 0 Å². The van der Waals surface area contributed by atoms with E-state index in [-0.39, 0.29) is 6.61 Å². The lowest BCUT2D eigenvalue weighted by molar-refractivity contribution is 0.235. The van der Waals surface area contributed by atoms with Crippen molar-refractivity contribution in [3.8, 4) is 0 Å². The van der Waals surface area contributed by atoms with E-state index in [4.69, 9.17) is 10.8 Å². The molecule has 3 heteroatoms. The first-order valence-corrected chi connectivity index (χ1v) is 5.57. The molecule has 1 unspecified atom stereocenters. The van der Waals surface area contributed by atoms with Crippen LogP contribution in [0.4, 0.5) is 0 Å². The molecule has 0 bridgehead atoms. The van der Waals surface area contributed by atoms with E-state index in [0.717, 1.165) is 16.5 Å². The van der Waals surface area contributed by atoms with Crippen molar-refractivity contribution in [3.05, 3.63) is 34.3 Å². The fourth-order valence-electron chi connectivity index (χ4n) is 1.52. The normalized spacial score (nSPS) is 15.1. The number of aliphatic hydroxyl groups excluding tert-OH is 1. The van der Waals surface area contributed by atoms with Gasteiger partial charge in [-0.15, -0.1) is 0 Å². The van der Waals surface area contributed by atoms with E-state index < -0.39 is 5.54 Å². The van der Waals surface area contributed by atoms with Gasteiger partial charge in [0.1, 0.15) is 0 Å². The minimum Gasteiger partial charge on any atom is -0.396 e. The molecule has 3 N–H and O–H groups in total. The minimum atomic E-state index is -0.404. The Morgan fingerprint density at radius 1 is 1.50 bits per heavy atom. The molecule has 1 rings (SSSR count). The largest absolute Gasteiger partial charge is 0.396 e. The van der Waals surface area contributed by atoms with Crippen molar-refractivity contribution in [2.24, 2.45) is 5.73 Å². The quantitative estimate of drug-likeness (QED) is 0.871. The van der Waals surface area contributed by atoms with Gasteiger partial charge in [-0.1, -0.05) is 35.0 Å². The third-order valence-corrected chi connectivity index (χ3v) is 3.08. The zero-order chi connectivity index (χ0) is 10.6. The van der Waals surface area contributed by atoms with E-state index in [1.165, 1.54) is 0 Å². The molecular formula is C11H16BrNO. The van der Waals surface area contributed by atoms with Crippen molar-refractivity contribution in [2.45, 2.75) is 25.3 Å². The Hall–Kier alpha value is -0.380. The summed E-state index contributed by atoms with van der Waals surface area (Å²) in [5, 5.41) is 8.97. The summed E-state index contributed by atoms with van der Waals surface area (Å²) < 4.78 is 1.02. The number of rotatable bonds is 4. The SMILES string of the molecule is CCC(N)(CCO)c1cccc(Br)c1. The first-order valence-electron chi connectivity index (χ1n) is 4.78. The molecule has 78 valence electrons. The fourth-order valence-corrected chi connectivity index (χ4v) is 1.92. The van der Waals surface area contributed by atoms with Gasteiger partial charge in [0.2, 0.25) is 0 Å². The topological polar surface area (TPSA) is 46.2 Å². The highest BCUT2D eigenvalue weighted by Crippen LogP contribution is 2.27. The maximum atomic E-state index is 8.97. The highest BCUT2D eigenvalue weighted by atomic mass is 79.9. The molecule has 0 radical (unpaired) electrons. The molecule has 0 aliphatic carbocycles. The van der Waals surface area contributed by atoms with E-state index >= 15 is 0 Å². The van der Waals surface area contributed by atoms with E-state index in [0.29, 0.717) is 6.42 Å². The molecule has 2 nitrogen and oxygen atoms in total. The third-order valence-electron chi connectivity index (χ3n) is 2.59. The molecule has 0 saturated carbocycles. The maximum Gasteiger partial charge on any atom is 0.0451 e. The molecule has 0 aliphatic heterocycles. The summed E-state index contributed by atoms with van der Waals surface area (Å²) in [6, 6.07) is 7.95. The summed E-state index contributed by atoms with van der Waals surface area (Å²) in [7, 11) is 0. The molecular weight excluding hydrogens is 242 g/mol. The van der Waals surface area contributed by atoms with Gasteiger partial charge in [0.05, 0.1) is 0 Å². The summed E-state index contributed by atoms with van der Waals surface area (Å²) in [5.74, 6) is 0. The zero-order valence-electron chi connectivity index (χ0n) is 8.33. The molecule has 1 atom stereocenters. The molecule has 0 aromatic heterocycles. The number of benzene rings is 1. The molecule has 0 spiro atoms. The monoisotopic (exact) mass is 257 g/mol. The molecule has 1 aromatic carbocycles. The third kappa shape index (κ3) is 2.56. The summed E-state index contributed by atoms with van der Waals surface area (Å²) in [5.41, 5.74) is 6.89. The van der Waals surface area contributed by atoms with Gasteiger partial charge in [0.25, 0.3) is 0 Å². The Morgan fingerprint density at radius 2 is 2.21 bits per heavy atom. The molecule has 0 heterocycles. The van der Waals surface area contributed by atoms with Crippen LogP contribution >= 0.6 is 15.9 Å². The van der Waals surface area contributed by atoms with Crippen LogP contribution in [0.15, 0.2) is 28.7 Å². The molecule has 0 aliphatic rings. The van der Waals surface area contributed by atoms with E-state index in [1.54, 1.807) is 0 Å². The van der Waals surface area contributed by atoms with Crippen LogP contribution in [0.1, 0.15) is 25.3 Å². The van der Waals surface area contributed by atoms with E-state index in [1.807, 2.05) is 31.2 Å². The average molecular weight is 258 g/mol. The highest BCUT2D eigenvalue weighted by Gasteiger charge is 2.24. The van der Waals surface area contributed by atoms with Gasteiger partial charge in [-0.05, 0) is 30.5 Å². The smallest absolute Gasteiger partial charge is 0.0451 e. The van der Waals surface area contributed by atoms with Crippen LogP contribution in [0.3, 0.4) is 0 Å². The predicted octanol–water partition coefficient (Wildman–Crippen LogP) is 2.40. The second-order valence-corrected chi connectivity index (χ2v) is 4.41. The Balaban J connectivity index is 2.99. The summed E-state index contributed by atoms with van der Waals surface area (Å²) >= 11 is 3.42. The molecule has 0 fully saturated rings. The minimum absolute atomic E-state index is 0.122. The summed E-state index contributed by atoms with van der Waals surface area (Å²) in [6.07, 6.45) is 1.42. The van der Waals surface area contributed by atoms with Crippen molar-refractivity contribution in [1.82, 2.24) is 0 Å². The van der Waals surface area contributed by atoms with Crippen molar-refractivity contribution >= 4 is 15.9 Å². The fraction of sp³-hybridized carbons (Fsp3) is 0.455.